The first-order valence-corrected chi connectivity index (χ1v) is 6.82. The van der Waals surface area contributed by atoms with Gasteiger partial charge in [-0.25, -0.2) is 0 Å². The third-order valence-corrected chi connectivity index (χ3v) is 3.77. The second-order valence-electron chi connectivity index (χ2n) is 5.98. The second kappa shape index (κ2) is 5.81. The maximum Gasteiger partial charge on any atom is 0.262 e. The first kappa shape index (κ1) is 14.8. The van der Waals surface area contributed by atoms with Crippen LogP contribution in [0, 0.1) is 0 Å². The van der Waals surface area contributed by atoms with E-state index in [0.29, 0.717) is 0 Å². The highest BCUT2D eigenvalue weighted by Crippen LogP contribution is 2.28. The zero-order valence-electron chi connectivity index (χ0n) is 12.6. The molecule has 0 saturated heterocycles. The minimum atomic E-state index is -0.101. The fourth-order valence-electron chi connectivity index (χ4n) is 1.91. The van der Waals surface area contributed by atoms with Gasteiger partial charge in [0.25, 0.3) is 5.91 Å². The van der Waals surface area contributed by atoms with Gasteiger partial charge in [0.1, 0.15) is 5.75 Å². The Hall–Kier alpha value is -1.59. The van der Waals surface area contributed by atoms with Crippen molar-refractivity contribution in [2.75, 3.05) is 32.6 Å². The highest BCUT2D eigenvalue weighted by Gasteiger charge is 2.20. The topological polar surface area (TPSA) is 53.6 Å². The molecule has 1 amide bonds. The average Bonchev–Trinajstić information content (AvgIpc) is 2.37. The molecule has 1 aliphatic heterocycles. The van der Waals surface area contributed by atoms with E-state index in [0.717, 1.165) is 30.1 Å². The maximum absolute atomic E-state index is 11.3. The number of hydrogen-bond donors (Lipinski definition) is 2. The maximum atomic E-state index is 11.3. The summed E-state index contributed by atoms with van der Waals surface area (Å²) in [7, 11) is 4.15. The Morgan fingerprint density at radius 2 is 2.15 bits per heavy atom. The van der Waals surface area contributed by atoms with Crippen molar-refractivity contribution in [2.45, 2.75) is 25.9 Å². The van der Waals surface area contributed by atoms with Gasteiger partial charge in [0, 0.05) is 18.6 Å². The number of amides is 1. The highest BCUT2D eigenvalue weighted by atomic mass is 16.5. The van der Waals surface area contributed by atoms with E-state index in [2.05, 4.69) is 43.5 Å². The number of ether oxygens (including phenoxy) is 1. The Balaban J connectivity index is 1.94. The fourth-order valence-corrected chi connectivity index (χ4v) is 1.91. The zero-order valence-corrected chi connectivity index (χ0v) is 12.6. The number of rotatable bonds is 5. The molecule has 0 spiro atoms. The Morgan fingerprint density at radius 3 is 2.85 bits per heavy atom. The van der Waals surface area contributed by atoms with E-state index >= 15 is 0 Å². The van der Waals surface area contributed by atoms with Crippen LogP contribution < -0.4 is 15.4 Å². The molecule has 0 aromatic heterocycles. The highest BCUT2D eigenvalue weighted by molar-refractivity contribution is 5.95. The van der Waals surface area contributed by atoms with Crippen molar-refractivity contribution in [3.05, 3.63) is 23.8 Å². The summed E-state index contributed by atoms with van der Waals surface area (Å²) in [5.41, 5.74) is 1.99. The van der Waals surface area contributed by atoms with E-state index in [1.165, 1.54) is 0 Å². The van der Waals surface area contributed by atoms with Gasteiger partial charge in [-0.15, -0.1) is 0 Å². The van der Waals surface area contributed by atoms with E-state index in [9.17, 15) is 4.79 Å². The van der Waals surface area contributed by atoms with Gasteiger partial charge in [-0.1, -0.05) is 6.07 Å². The molecular weight excluding hydrogens is 254 g/mol. The number of carbonyl (C=O) groups excluding carboxylic acids is 1. The number of nitrogens with zero attached hydrogens (tertiary/aromatic N) is 1. The third kappa shape index (κ3) is 3.49. The van der Waals surface area contributed by atoms with Gasteiger partial charge in [0.05, 0.1) is 5.69 Å². The average molecular weight is 277 g/mol. The SMILES string of the molecule is CN(C)C(C)(C)CNCc1ccc2c(c1)NC(=O)CO2. The molecule has 5 heteroatoms. The second-order valence-corrected chi connectivity index (χ2v) is 5.98. The number of benzene rings is 1. The number of hydrogen-bond acceptors (Lipinski definition) is 4. The van der Waals surface area contributed by atoms with Crippen LogP contribution in [0.1, 0.15) is 19.4 Å². The number of likely N-dealkylation sites (N-methyl/N-ethyl adjacent to an activating group) is 1. The molecule has 0 aliphatic carbocycles. The lowest BCUT2D eigenvalue weighted by Gasteiger charge is -2.32. The van der Waals surface area contributed by atoms with E-state index in [-0.39, 0.29) is 18.1 Å². The first-order chi connectivity index (χ1) is 9.38. The monoisotopic (exact) mass is 277 g/mol. The zero-order chi connectivity index (χ0) is 14.8. The largest absolute Gasteiger partial charge is 0.482 e. The van der Waals surface area contributed by atoms with Gasteiger partial charge >= 0.3 is 0 Å². The Morgan fingerprint density at radius 1 is 1.40 bits per heavy atom. The van der Waals surface area contributed by atoms with Crippen LogP contribution in [0.5, 0.6) is 5.75 Å². The summed E-state index contributed by atoms with van der Waals surface area (Å²) in [4.78, 5) is 13.5. The number of anilines is 1. The van der Waals surface area contributed by atoms with Crippen LogP contribution in [-0.2, 0) is 11.3 Å². The van der Waals surface area contributed by atoms with Gasteiger partial charge in [0.2, 0.25) is 0 Å². The Kier molecular flexibility index (Phi) is 4.30. The van der Waals surface area contributed by atoms with Crippen molar-refractivity contribution in [2.24, 2.45) is 0 Å². The molecule has 1 aliphatic rings. The van der Waals surface area contributed by atoms with Gasteiger partial charge in [0.15, 0.2) is 6.61 Å². The van der Waals surface area contributed by atoms with Crippen LogP contribution in [0.2, 0.25) is 0 Å². The Labute approximate surface area is 120 Å². The summed E-state index contributed by atoms with van der Waals surface area (Å²) in [6, 6.07) is 5.89. The lowest BCUT2D eigenvalue weighted by molar-refractivity contribution is -0.118. The number of nitrogens with one attached hydrogen (secondary N) is 2. The number of carbonyl (C=O) groups is 1. The normalized spacial score (nSPS) is 14.8. The number of fused-ring (bicyclic) bond motifs is 1. The van der Waals surface area contributed by atoms with Crippen LogP contribution in [0.3, 0.4) is 0 Å². The summed E-state index contributed by atoms with van der Waals surface area (Å²) in [6.45, 7) is 6.14. The molecule has 0 atom stereocenters. The van der Waals surface area contributed by atoms with Crippen molar-refractivity contribution in [3.63, 3.8) is 0 Å². The van der Waals surface area contributed by atoms with E-state index in [4.69, 9.17) is 4.74 Å². The van der Waals surface area contributed by atoms with Crippen LogP contribution in [0.15, 0.2) is 18.2 Å². The third-order valence-electron chi connectivity index (χ3n) is 3.77. The molecule has 20 heavy (non-hydrogen) atoms. The molecule has 1 aromatic rings. The smallest absolute Gasteiger partial charge is 0.262 e. The van der Waals surface area contributed by atoms with Crippen LogP contribution >= 0.6 is 0 Å². The van der Waals surface area contributed by atoms with Gasteiger partial charge in [-0.3, -0.25) is 4.79 Å². The lowest BCUT2D eigenvalue weighted by atomic mass is 10.0. The molecule has 0 unspecified atom stereocenters. The Bertz CT molecular complexity index is 498. The summed E-state index contributed by atoms with van der Waals surface area (Å²) in [5.74, 6) is 0.637. The molecular formula is C15H23N3O2. The van der Waals surface area contributed by atoms with E-state index in [1.54, 1.807) is 0 Å². The van der Waals surface area contributed by atoms with E-state index < -0.39 is 0 Å². The molecule has 5 nitrogen and oxygen atoms in total. The standard InChI is InChI=1S/C15H23N3O2/c1-15(2,18(3)4)10-16-8-11-5-6-13-12(7-11)17-14(19)9-20-13/h5-7,16H,8-10H2,1-4H3,(H,17,19). The van der Waals surface area contributed by atoms with Gasteiger partial charge in [-0.2, -0.15) is 0 Å². The summed E-state index contributed by atoms with van der Waals surface area (Å²) in [5, 5.41) is 6.27. The predicted octanol–water partition coefficient (Wildman–Crippen LogP) is 1.45. The van der Waals surface area contributed by atoms with Gasteiger partial charge in [-0.05, 0) is 45.6 Å². The van der Waals surface area contributed by atoms with Crippen LogP contribution in [0.25, 0.3) is 0 Å². The molecule has 2 rings (SSSR count). The molecule has 2 N–H and O–H groups in total. The van der Waals surface area contributed by atoms with Crippen LogP contribution in [0.4, 0.5) is 5.69 Å². The van der Waals surface area contributed by atoms with Crippen molar-refractivity contribution in [3.8, 4) is 5.75 Å². The first-order valence-electron chi connectivity index (χ1n) is 6.82. The van der Waals surface area contributed by atoms with Gasteiger partial charge < -0.3 is 20.3 Å². The molecule has 0 bridgehead atoms. The summed E-state index contributed by atoms with van der Waals surface area (Å²) < 4.78 is 5.34. The molecule has 0 fully saturated rings. The molecule has 110 valence electrons. The molecule has 0 saturated carbocycles. The van der Waals surface area contributed by atoms with Crippen molar-refractivity contribution >= 4 is 11.6 Å². The predicted molar refractivity (Wildman–Crippen MR) is 80.0 cm³/mol. The van der Waals surface area contributed by atoms with Crippen molar-refractivity contribution in [1.29, 1.82) is 0 Å². The summed E-state index contributed by atoms with van der Waals surface area (Å²) >= 11 is 0. The molecule has 0 radical (unpaired) electrons. The molecule has 1 aromatic carbocycles. The summed E-state index contributed by atoms with van der Waals surface area (Å²) in [6.07, 6.45) is 0. The molecule has 1 heterocycles. The quantitative estimate of drug-likeness (QED) is 0.855. The lowest BCUT2D eigenvalue weighted by Crippen LogP contribution is -2.46. The minimum absolute atomic E-state index is 0.0988. The van der Waals surface area contributed by atoms with Crippen LogP contribution in [-0.4, -0.2) is 43.6 Å². The van der Waals surface area contributed by atoms with Crippen molar-refractivity contribution in [1.82, 2.24) is 10.2 Å². The van der Waals surface area contributed by atoms with E-state index in [1.807, 2.05) is 18.2 Å². The fraction of sp³-hybridized carbons (Fsp3) is 0.533. The minimum Gasteiger partial charge on any atom is -0.482 e. The van der Waals surface area contributed by atoms with Crippen molar-refractivity contribution < 1.29 is 9.53 Å².